The van der Waals surface area contributed by atoms with Crippen molar-refractivity contribution < 1.29 is 19.4 Å². The number of carbonyl (C=O) groups excluding carboxylic acids is 2. The Labute approximate surface area is 126 Å². The molecule has 0 aliphatic heterocycles. The van der Waals surface area contributed by atoms with Gasteiger partial charge in [0.2, 0.25) is 0 Å². The highest BCUT2D eigenvalue weighted by Gasteiger charge is 2.16. The van der Waals surface area contributed by atoms with Crippen LogP contribution in [0.15, 0.2) is 48.5 Å². The number of hydrogen-bond donors (Lipinski definition) is 3. The molecule has 2 amide bonds. The Morgan fingerprint density at radius 1 is 1.14 bits per heavy atom. The van der Waals surface area contributed by atoms with Gasteiger partial charge in [-0.1, -0.05) is 31.0 Å². The number of hydrogen-bond acceptors (Lipinski definition) is 5. The molecule has 0 aromatic heterocycles. The number of primary amides is 1. The molecule has 0 bridgehead atoms. The van der Waals surface area contributed by atoms with E-state index in [1.807, 2.05) is 0 Å². The summed E-state index contributed by atoms with van der Waals surface area (Å²) in [7, 11) is 0. The molecule has 0 fully saturated rings. The van der Waals surface area contributed by atoms with Gasteiger partial charge in [0.05, 0.1) is 5.69 Å². The second-order valence-electron chi connectivity index (χ2n) is 4.05. The van der Waals surface area contributed by atoms with Gasteiger partial charge in [0.25, 0.3) is 0 Å². The molecule has 108 valence electrons. The molecule has 2 aromatic rings. The van der Waals surface area contributed by atoms with Crippen molar-refractivity contribution in [2.75, 3.05) is 4.31 Å². The van der Waals surface area contributed by atoms with Gasteiger partial charge in [0.1, 0.15) is 17.1 Å². The standard InChI is InChI=1S/C14H12N2O4S/c15-14(19)16(21)9-6-7-11(12(17)8-9)13(18)20-10-4-2-1-3-5-10/h1-8,17,21H,(H2,15,19). The van der Waals surface area contributed by atoms with Crippen LogP contribution in [0.25, 0.3) is 0 Å². The fourth-order valence-electron chi connectivity index (χ4n) is 1.60. The second-order valence-corrected chi connectivity index (χ2v) is 4.45. The van der Waals surface area contributed by atoms with Crippen LogP contribution in [0.3, 0.4) is 0 Å². The maximum absolute atomic E-state index is 11.9. The van der Waals surface area contributed by atoms with E-state index in [2.05, 4.69) is 12.8 Å². The number of ether oxygens (including phenoxy) is 1. The molecule has 0 heterocycles. The third kappa shape index (κ3) is 3.46. The quantitative estimate of drug-likeness (QED) is 0.461. The van der Waals surface area contributed by atoms with E-state index >= 15 is 0 Å². The topological polar surface area (TPSA) is 92.9 Å². The lowest BCUT2D eigenvalue weighted by molar-refractivity contribution is 0.0731. The summed E-state index contributed by atoms with van der Waals surface area (Å²) in [5, 5.41) is 9.86. The number of aromatic hydroxyl groups is 1. The number of para-hydroxylation sites is 1. The number of phenols is 1. The van der Waals surface area contributed by atoms with Gasteiger partial charge in [-0.05, 0) is 24.3 Å². The van der Waals surface area contributed by atoms with Crippen molar-refractivity contribution in [3.63, 3.8) is 0 Å². The summed E-state index contributed by atoms with van der Waals surface area (Å²) >= 11 is 3.86. The number of rotatable bonds is 3. The molecule has 0 saturated heterocycles. The number of phenolic OH excluding ortho intramolecular Hbond substituents is 1. The zero-order valence-corrected chi connectivity index (χ0v) is 11.7. The van der Waals surface area contributed by atoms with Gasteiger partial charge in [0, 0.05) is 6.07 Å². The number of nitrogens with zero attached hydrogens (tertiary/aromatic N) is 1. The van der Waals surface area contributed by atoms with E-state index < -0.39 is 12.0 Å². The number of benzene rings is 2. The molecule has 3 N–H and O–H groups in total. The van der Waals surface area contributed by atoms with E-state index in [4.69, 9.17) is 10.5 Å². The van der Waals surface area contributed by atoms with Crippen molar-refractivity contribution in [2.24, 2.45) is 5.73 Å². The Hall–Kier alpha value is -2.67. The summed E-state index contributed by atoms with van der Waals surface area (Å²) in [6.45, 7) is 0. The molecular weight excluding hydrogens is 292 g/mol. The first-order valence-electron chi connectivity index (χ1n) is 5.87. The van der Waals surface area contributed by atoms with Gasteiger partial charge in [-0.25, -0.2) is 13.9 Å². The van der Waals surface area contributed by atoms with Gasteiger partial charge in [-0.15, -0.1) is 0 Å². The van der Waals surface area contributed by atoms with Gasteiger partial charge in [-0.3, -0.25) is 0 Å². The van der Waals surface area contributed by atoms with Crippen LogP contribution in [0, 0.1) is 0 Å². The fourth-order valence-corrected chi connectivity index (χ4v) is 1.73. The van der Waals surface area contributed by atoms with Crippen LogP contribution in [-0.4, -0.2) is 17.1 Å². The summed E-state index contributed by atoms with van der Waals surface area (Å²) < 4.78 is 5.95. The number of nitrogens with two attached hydrogens (primary N) is 1. The molecule has 0 aliphatic carbocycles. The van der Waals surface area contributed by atoms with Crippen molar-refractivity contribution in [2.45, 2.75) is 0 Å². The first-order chi connectivity index (χ1) is 9.99. The van der Waals surface area contributed by atoms with E-state index in [0.29, 0.717) is 5.75 Å². The molecule has 6 nitrogen and oxygen atoms in total. The smallest absolute Gasteiger partial charge is 0.347 e. The molecule has 0 atom stereocenters. The SMILES string of the molecule is NC(=O)N(S)c1ccc(C(=O)Oc2ccccc2)c(O)c1. The van der Waals surface area contributed by atoms with Crippen molar-refractivity contribution in [3.05, 3.63) is 54.1 Å². The number of thiol groups is 1. The zero-order chi connectivity index (χ0) is 15.4. The summed E-state index contributed by atoms with van der Waals surface area (Å²) in [5.41, 5.74) is 5.26. The van der Waals surface area contributed by atoms with Crippen molar-refractivity contribution >= 4 is 30.5 Å². The van der Waals surface area contributed by atoms with Crippen LogP contribution >= 0.6 is 12.8 Å². The molecule has 0 unspecified atom stereocenters. The largest absolute Gasteiger partial charge is 0.507 e. The van der Waals surface area contributed by atoms with Gasteiger partial charge < -0.3 is 15.6 Å². The highest BCUT2D eigenvalue weighted by molar-refractivity contribution is 7.82. The summed E-state index contributed by atoms with van der Waals surface area (Å²) in [4.78, 5) is 22.9. The molecular formula is C14H12N2O4S. The third-order valence-corrected chi connectivity index (χ3v) is 3.04. The molecule has 21 heavy (non-hydrogen) atoms. The van der Waals surface area contributed by atoms with Crippen LogP contribution in [-0.2, 0) is 0 Å². The van der Waals surface area contributed by atoms with E-state index in [0.717, 1.165) is 4.31 Å². The van der Waals surface area contributed by atoms with Gasteiger partial charge in [-0.2, -0.15) is 0 Å². The maximum atomic E-state index is 11.9. The molecule has 0 saturated carbocycles. The Kier molecular flexibility index (Phi) is 4.34. The normalized spacial score (nSPS) is 9.95. The van der Waals surface area contributed by atoms with Crippen LogP contribution in [0.2, 0.25) is 0 Å². The highest BCUT2D eigenvalue weighted by atomic mass is 32.1. The summed E-state index contributed by atoms with van der Waals surface area (Å²) in [5.74, 6) is -0.692. The number of amides is 2. The third-order valence-electron chi connectivity index (χ3n) is 2.61. The van der Waals surface area contributed by atoms with Gasteiger partial charge in [0.15, 0.2) is 0 Å². The Bertz CT molecular complexity index is 676. The molecule has 0 spiro atoms. The van der Waals surface area contributed by atoms with Crippen molar-refractivity contribution in [1.82, 2.24) is 0 Å². The molecule has 7 heteroatoms. The molecule has 0 aliphatic rings. The van der Waals surface area contributed by atoms with Gasteiger partial charge >= 0.3 is 12.0 Å². The lowest BCUT2D eigenvalue weighted by Crippen LogP contribution is -2.27. The molecule has 2 aromatic carbocycles. The average Bonchev–Trinajstić information content (AvgIpc) is 2.47. The van der Waals surface area contributed by atoms with E-state index in [9.17, 15) is 14.7 Å². The number of urea groups is 1. The predicted molar refractivity (Wildman–Crippen MR) is 80.6 cm³/mol. The minimum Gasteiger partial charge on any atom is -0.507 e. The molecule has 2 rings (SSSR count). The average molecular weight is 304 g/mol. The fraction of sp³-hybridized carbons (Fsp3) is 0. The lowest BCUT2D eigenvalue weighted by Gasteiger charge is -2.13. The van der Waals surface area contributed by atoms with Crippen LogP contribution in [0.1, 0.15) is 10.4 Å². The summed E-state index contributed by atoms with van der Waals surface area (Å²) in [6.07, 6.45) is 0. The highest BCUT2D eigenvalue weighted by Crippen LogP contribution is 2.26. The minimum atomic E-state index is -0.808. The lowest BCUT2D eigenvalue weighted by atomic mass is 10.2. The zero-order valence-electron chi connectivity index (χ0n) is 10.8. The number of esters is 1. The van der Waals surface area contributed by atoms with Crippen LogP contribution in [0.4, 0.5) is 10.5 Å². The van der Waals surface area contributed by atoms with Crippen molar-refractivity contribution in [3.8, 4) is 11.5 Å². The van der Waals surface area contributed by atoms with E-state index in [-0.39, 0.29) is 17.0 Å². The second kappa shape index (κ2) is 6.19. The summed E-state index contributed by atoms with van der Waals surface area (Å²) in [6, 6.07) is 11.6. The monoisotopic (exact) mass is 304 g/mol. The van der Waals surface area contributed by atoms with E-state index in [1.165, 1.54) is 18.2 Å². The maximum Gasteiger partial charge on any atom is 0.347 e. The number of anilines is 1. The first kappa shape index (κ1) is 14.7. The Balaban J connectivity index is 2.21. The van der Waals surface area contributed by atoms with Crippen molar-refractivity contribution in [1.29, 1.82) is 0 Å². The van der Waals surface area contributed by atoms with Crippen LogP contribution < -0.4 is 14.8 Å². The van der Waals surface area contributed by atoms with E-state index in [1.54, 1.807) is 30.3 Å². The molecule has 0 radical (unpaired) electrons. The number of carbonyl (C=O) groups is 2. The Morgan fingerprint density at radius 3 is 2.38 bits per heavy atom. The minimum absolute atomic E-state index is 0.0335. The predicted octanol–water partition coefficient (Wildman–Crippen LogP) is 2.34. The Morgan fingerprint density at radius 2 is 1.81 bits per heavy atom. The van der Waals surface area contributed by atoms with Crippen LogP contribution in [0.5, 0.6) is 11.5 Å². The first-order valence-corrected chi connectivity index (χ1v) is 6.27.